The lowest BCUT2D eigenvalue weighted by atomic mass is 10.1. The molecule has 2 aromatic rings. The summed E-state index contributed by atoms with van der Waals surface area (Å²) in [6, 6.07) is 5.32. The molecule has 6 nitrogen and oxygen atoms in total. The van der Waals surface area contributed by atoms with Crippen LogP contribution in [0, 0.1) is 13.8 Å². The molecule has 1 aliphatic heterocycles. The summed E-state index contributed by atoms with van der Waals surface area (Å²) in [5.41, 5.74) is 4.19. The summed E-state index contributed by atoms with van der Waals surface area (Å²) in [6.07, 6.45) is 0. The van der Waals surface area contributed by atoms with Crippen LogP contribution in [0.5, 0.6) is 0 Å². The SMILES string of the molecule is Cc1nn(C)c(C)c1CN1CCN(C(=O)Nc2ccc(Br)cc2Cl)CC1. The van der Waals surface area contributed by atoms with Gasteiger partial charge in [0.05, 0.1) is 16.4 Å². The van der Waals surface area contributed by atoms with E-state index in [1.165, 1.54) is 11.3 Å². The minimum Gasteiger partial charge on any atom is -0.322 e. The predicted octanol–water partition coefficient (Wildman–Crippen LogP) is 3.80. The molecule has 3 rings (SSSR count). The first-order valence-corrected chi connectivity index (χ1v) is 9.74. The van der Waals surface area contributed by atoms with E-state index in [4.69, 9.17) is 11.6 Å². The summed E-state index contributed by atoms with van der Waals surface area (Å²) in [5, 5.41) is 7.90. The van der Waals surface area contributed by atoms with Crippen LogP contribution < -0.4 is 5.32 Å². The monoisotopic (exact) mass is 439 g/mol. The van der Waals surface area contributed by atoms with Gasteiger partial charge in [-0.15, -0.1) is 0 Å². The number of anilines is 1. The van der Waals surface area contributed by atoms with Gasteiger partial charge in [0, 0.05) is 55.5 Å². The Bertz CT molecular complexity index is 814. The van der Waals surface area contributed by atoms with Crippen LogP contribution in [-0.4, -0.2) is 51.8 Å². The summed E-state index contributed by atoms with van der Waals surface area (Å²) in [7, 11) is 1.97. The van der Waals surface area contributed by atoms with Crippen molar-refractivity contribution in [3.05, 3.63) is 44.6 Å². The van der Waals surface area contributed by atoms with E-state index < -0.39 is 0 Å². The molecule has 1 aromatic heterocycles. The number of urea groups is 1. The summed E-state index contributed by atoms with van der Waals surface area (Å²) in [4.78, 5) is 16.7. The lowest BCUT2D eigenvalue weighted by molar-refractivity contribution is 0.142. The third-order valence-corrected chi connectivity index (χ3v) is 5.68. The van der Waals surface area contributed by atoms with Gasteiger partial charge in [0.1, 0.15) is 0 Å². The Kier molecular flexibility index (Phi) is 5.89. The van der Waals surface area contributed by atoms with Gasteiger partial charge in [-0.25, -0.2) is 4.79 Å². The van der Waals surface area contributed by atoms with Crippen LogP contribution in [0.3, 0.4) is 0 Å². The maximum absolute atomic E-state index is 12.5. The molecule has 0 radical (unpaired) electrons. The lowest BCUT2D eigenvalue weighted by Crippen LogP contribution is -2.49. The molecule has 1 fully saturated rings. The van der Waals surface area contributed by atoms with E-state index in [2.05, 4.69) is 38.2 Å². The van der Waals surface area contributed by atoms with E-state index in [0.717, 1.165) is 29.8 Å². The number of aromatic nitrogens is 2. The number of nitrogens with zero attached hydrogens (tertiary/aromatic N) is 4. The van der Waals surface area contributed by atoms with Crippen LogP contribution in [0.25, 0.3) is 0 Å². The summed E-state index contributed by atoms with van der Waals surface area (Å²) in [6.45, 7) is 8.09. The molecule has 0 bridgehead atoms. The van der Waals surface area contributed by atoms with Gasteiger partial charge in [0.2, 0.25) is 0 Å². The molecular weight excluding hydrogens is 418 g/mol. The molecule has 0 aliphatic carbocycles. The van der Waals surface area contributed by atoms with Gasteiger partial charge in [-0.05, 0) is 32.0 Å². The number of aryl methyl sites for hydroxylation is 2. The lowest BCUT2D eigenvalue weighted by Gasteiger charge is -2.34. The quantitative estimate of drug-likeness (QED) is 0.790. The molecule has 0 saturated carbocycles. The third-order valence-electron chi connectivity index (χ3n) is 4.87. The summed E-state index contributed by atoms with van der Waals surface area (Å²) in [5.74, 6) is 0. The van der Waals surface area contributed by atoms with E-state index in [0.29, 0.717) is 23.8 Å². The fourth-order valence-corrected chi connectivity index (χ4v) is 3.88. The van der Waals surface area contributed by atoms with Crippen molar-refractivity contribution in [2.75, 3.05) is 31.5 Å². The average molecular weight is 441 g/mol. The van der Waals surface area contributed by atoms with Crippen molar-refractivity contribution in [2.24, 2.45) is 7.05 Å². The normalized spacial score (nSPS) is 15.3. The van der Waals surface area contributed by atoms with Gasteiger partial charge < -0.3 is 10.2 Å². The van der Waals surface area contributed by atoms with Crippen molar-refractivity contribution in [3.8, 4) is 0 Å². The van der Waals surface area contributed by atoms with Crippen molar-refractivity contribution in [1.29, 1.82) is 0 Å². The number of halogens is 2. The zero-order chi connectivity index (χ0) is 18.8. The number of piperazine rings is 1. The number of amides is 2. The zero-order valence-electron chi connectivity index (χ0n) is 15.2. The Morgan fingerprint density at radius 2 is 1.96 bits per heavy atom. The maximum Gasteiger partial charge on any atom is 0.321 e. The number of carbonyl (C=O) groups excluding carboxylic acids is 1. The molecule has 1 N–H and O–H groups in total. The Hall–Kier alpha value is -1.57. The van der Waals surface area contributed by atoms with Crippen molar-refractivity contribution in [1.82, 2.24) is 19.6 Å². The molecular formula is C18H23BrClN5O. The first-order chi connectivity index (χ1) is 12.3. The van der Waals surface area contributed by atoms with Crippen molar-refractivity contribution in [3.63, 3.8) is 0 Å². The number of carbonyl (C=O) groups is 1. The molecule has 1 saturated heterocycles. The Labute approximate surface area is 167 Å². The van der Waals surface area contributed by atoms with Gasteiger partial charge in [-0.2, -0.15) is 5.10 Å². The van der Waals surface area contributed by atoms with Crippen LogP contribution in [0.1, 0.15) is 17.0 Å². The summed E-state index contributed by atoms with van der Waals surface area (Å²) < 4.78 is 2.81. The largest absolute Gasteiger partial charge is 0.322 e. The molecule has 0 atom stereocenters. The molecule has 0 unspecified atom stereocenters. The van der Waals surface area contributed by atoms with Gasteiger partial charge in [-0.3, -0.25) is 9.58 Å². The second kappa shape index (κ2) is 7.98. The first kappa shape index (κ1) is 19.2. The smallest absolute Gasteiger partial charge is 0.321 e. The molecule has 140 valence electrons. The zero-order valence-corrected chi connectivity index (χ0v) is 17.6. The van der Waals surface area contributed by atoms with Gasteiger partial charge in [0.15, 0.2) is 0 Å². The van der Waals surface area contributed by atoms with Gasteiger partial charge in [-0.1, -0.05) is 27.5 Å². The fraction of sp³-hybridized carbons (Fsp3) is 0.444. The van der Waals surface area contributed by atoms with Crippen LogP contribution >= 0.6 is 27.5 Å². The van der Waals surface area contributed by atoms with E-state index >= 15 is 0 Å². The topological polar surface area (TPSA) is 53.4 Å². The minimum absolute atomic E-state index is 0.109. The predicted molar refractivity (Wildman–Crippen MR) is 108 cm³/mol. The van der Waals surface area contributed by atoms with Crippen LogP contribution in [0.2, 0.25) is 5.02 Å². The number of rotatable bonds is 3. The van der Waals surface area contributed by atoms with E-state index in [-0.39, 0.29) is 6.03 Å². The number of hydrogen-bond donors (Lipinski definition) is 1. The van der Waals surface area contributed by atoms with Gasteiger partial charge in [0.25, 0.3) is 0 Å². The number of benzene rings is 1. The minimum atomic E-state index is -0.109. The highest BCUT2D eigenvalue weighted by atomic mass is 79.9. The van der Waals surface area contributed by atoms with Gasteiger partial charge >= 0.3 is 6.03 Å². The standard InChI is InChI=1S/C18H23BrClN5O/c1-12-15(13(2)23(3)22-12)11-24-6-8-25(9-7-24)18(26)21-17-5-4-14(19)10-16(17)20/h4-5,10H,6-9,11H2,1-3H3,(H,21,26). The summed E-state index contributed by atoms with van der Waals surface area (Å²) >= 11 is 9.54. The Morgan fingerprint density at radius 1 is 1.27 bits per heavy atom. The highest BCUT2D eigenvalue weighted by molar-refractivity contribution is 9.10. The van der Waals surface area contributed by atoms with E-state index in [1.807, 2.05) is 29.6 Å². The second-order valence-electron chi connectivity index (χ2n) is 6.59. The number of nitrogens with one attached hydrogen (secondary N) is 1. The maximum atomic E-state index is 12.5. The third kappa shape index (κ3) is 4.22. The Morgan fingerprint density at radius 3 is 2.54 bits per heavy atom. The molecule has 1 aliphatic rings. The molecule has 2 heterocycles. The fourth-order valence-electron chi connectivity index (χ4n) is 3.16. The van der Waals surface area contributed by atoms with Crippen LogP contribution in [-0.2, 0) is 13.6 Å². The highest BCUT2D eigenvalue weighted by Gasteiger charge is 2.23. The van der Waals surface area contributed by atoms with Crippen LogP contribution in [0.15, 0.2) is 22.7 Å². The molecule has 0 spiro atoms. The molecule has 1 aromatic carbocycles. The molecule has 26 heavy (non-hydrogen) atoms. The first-order valence-electron chi connectivity index (χ1n) is 8.57. The average Bonchev–Trinajstić information content (AvgIpc) is 2.84. The van der Waals surface area contributed by atoms with Crippen LogP contribution in [0.4, 0.5) is 10.5 Å². The highest BCUT2D eigenvalue weighted by Crippen LogP contribution is 2.26. The van der Waals surface area contributed by atoms with E-state index in [9.17, 15) is 4.79 Å². The second-order valence-corrected chi connectivity index (χ2v) is 7.91. The van der Waals surface area contributed by atoms with Crippen molar-refractivity contribution < 1.29 is 4.79 Å². The Balaban J connectivity index is 1.55. The van der Waals surface area contributed by atoms with E-state index in [1.54, 1.807) is 12.1 Å². The van der Waals surface area contributed by atoms with Crippen molar-refractivity contribution in [2.45, 2.75) is 20.4 Å². The molecule has 8 heteroatoms. The molecule has 2 amide bonds. The number of hydrogen-bond acceptors (Lipinski definition) is 3. The van der Waals surface area contributed by atoms with Crippen molar-refractivity contribution >= 4 is 39.2 Å².